The summed E-state index contributed by atoms with van der Waals surface area (Å²) in [5, 5.41) is 5.91. The summed E-state index contributed by atoms with van der Waals surface area (Å²) in [6.45, 7) is 2.03. The first-order valence-corrected chi connectivity index (χ1v) is 7.07. The molecule has 0 atom stereocenters. The average Bonchev–Trinajstić information content (AvgIpc) is 2.50. The van der Waals surface area contributed by atoms with Crippen LogP contribution in [0, 0.1) is 0 Å². The maximum atomic E-state index is 11.9. The summed E-state index contributed by atoms with van der Waals surface area (Å²) in [4.78, 5) is 23.5. The average molecular weight is 319 g/mol. The molecule has 0 fully saturated rings. The van der Waals surface area contributed by atoms with E-state index in [1.54, 1.807) is 55.5 Å². The first-order chi connectivity index (χ1) is 10.6. The fourth-order valence-corrected chi connectivity index (χ4v) is 1.89. The highest BCUT2D eigenvalue weighted by molar-refractivity contribution is 6.30. The third-order valence-corrected chi connectivity index (χ3v) is 2.99. The normalized spacial score (nSPS) is 9.91. The lowest BCUT2D eigenvalue weighted by molar-refractivity contribution is 0.0526. The Labute approximate surface area is 133 Å². The molecule has 0 bridgehead atoms. The number of esters is 1. The summed E-state index contributed by atoms with van der Waals surface area (Å²) >= 11 is 5.78. The maximum absolute atomic E-state index is 11.9. The Morgan fingerprint density at radius 3 is 2.41 bits per heavy atom. The highest BCUT2D eigenvalue weighted by Crippen LogP contribution is 2.15. The van der Waals surface area contributed by atoms with Crippen LogP contribution in [-0.4, -0.2) is 18.6 Å². The topological polar surface area (TPSA) is 67.4 Å². The lowest BCUT2D eigenvalue weighted by Gasteiger charge is -2.09. The van der Waals surface area contributed by atoms with Gasteiger partial charge >= 0.3 is 12.0 Å². The molecule has 0 aliphatic heterocycles. The molecule has 2 aromatic carbocycles. The molecule has 5 nitrogen and oxygen atoms in total. The van der Waals surface area contributed by atoms with E-state index in [1.165, 1.54) is 0 Å². The lowest BCUT2D eigenvalue weighted by Crippen LogP contribution is -2.19. The summed E-state index contributed by atoms with van der Waals surface area (Å²) in [6.07, 6.45) is 0. The summed E-state index contributed by atoms with van der Waals surface area (Å²) in [5.41, 5.74) is 1.49. The summed E-state index contributed by atoms with van der Waals surface area (Å²) in [6, 6.07) is 12.9. The molecule has 0 aliphatic carbocycles. The monoisotopic (exact) mass is 318 g/mol. The third kappa shape index (κ3) is 4.49. The Kier molecular flexibility index (Phi) is 5.38. The van der Waals surface area contributed by atoms with Crippen molar-refractivity contribution >= 4 is 35.0 Å². The SMILES string of the molecule is CCOC(=O)c1cccc(NC(=O)Nc2ccc(Cl)cc2)c1. The molecule has 0 radical (unpaired) electrons. The second-order valence-electron chi connectivity index (χ2n) is 4.39. The quantitative estimate of drug-likeness (QED) is 0.832. The highest BCUT2D eigenvalue weighted by atomic mass is 35.5. The predicted molar refractivity (Wildman–Crippen MR) is 86.5 cm³/mol. The number of carbonyl (C=O) groups is 2. The van der Waals surface area contributed by atoms with Crippen molar-refractivity contribution < 1.29 is 14.3 Å². The summed E-state index contributed by atoms with van der Waals surface area (Å²) in [7, 11) is 0. The Morgan fingerprint density at radius 2 is 1.73 bits per heavy atom. The van der Waals surface area contributed by atoms with Crippen molar-refractivity contribution in [1.29, 1.82) is 0 Å². The highest BCUT2D eigenvalue weighted by Gasteiger charge is 2.08. The molecule has 0 saturated heterocycles. The van der Waals surface area contributed by atoms with E-state index in [2.05, 4.69) is 10.6 Å². The van der Waals surface area contributed by atoms with Crippen LogP contribution < -0.4 is 10.6 Å². The molecule has 2 amide bonds. The number of anilines is 2. The van der Waals surface area contributed by atoms with Gasteiger partial charge in [0, 0.05) is 16.4 Å². The van der Waals surface area contributed by atoms with Crippen molar-refractivity contribution in [1.82, 2.24) is 0 Å². The number of benzene rings is 2. The Morgan fingerprint density at radius 1 is 1.05 bits per heavy atom. The third-order valence-electron chi connectivity index (χ3n) is 2.73. The number of carbonyl (C=O) groups excluding carboxylic acids is 2. The van der Waals surface area contributed by atoms with Gasteiger partial charge in [-0.25, -0.2) is 9.59 Å². The van der Waals surface area contributed by atoms with E-state index in [0.29, 0.717) is 28.6 Å². The minimum absolute atomic E-state index is 0.299. The van der Waals surface area contributed by atoms with Gasteiger partial charge in [-0.15, -0.1) is 0 Å². The minimum atomic E-state index is -0.427. The molecule has 2 aromatic rings. The van der Waals surface area contributed by atoms with E-state index < -0.39 is 12.0 Å². The van der Waals surface area contributed by atoms with Gasteiger partial charge in [0.05, 0.1) is 12.2 Å². The number of rotatable bonds is 4. The van der Waals surface area contributed by atoms with Gasteiger partial charge in [0.25, 0.3) is 0 Å². The standard InChI is InChI=1S/C16H15ClN2O3/c1-2-22-15(20)11-4-3-5-14(10-11)19-16(21)18-13-8-6-12(17)7-9-13/h3-10H,2H2,1H3,(H2,18,19,21). The first-order valence-electron chi connectivity index (χ1n) is 6.69. The van der Waals surface area contributed by atoms with Gasteiger partial charge in [0.2, 0.25) is 0 Å². The molecule has 2 rings (SSSR count). The van der Waals surface area contributed by atoms with Crippen LogP contribution in [0.4, 0.5) is 16.2 Å². The van der Waals surface area contributed by atoms with Crippen LogP contribution >= 0.6 is 11.6 Å². The molecule has 0 unspecified atom stereocenters. The van der Waals surface area contributed by atoms with Crippen molar-refractivity contribution in [3.63, 3.8) is 0 Å². The fraction of sp³-hybridized carbons (Fsp3) is 0.125. The van der Waals surface area contributed by atoms with E-state index in [-0.39, 0.29) is 0 Å². The van der Waals surface area contributed by atoms with Gasteiger partial charge in [-0.3, -0.25) is 0 Å². The van der Waals surface area contributed by atoms with Crippen LogP contribution in [-0.2, 0) is 4.74 Å². The summed E-state index contributed by atoms with van der Waals surface area (Å²) in [5.74, 6) is -0.427. The van der Waals surface area contributed by atoms with Gasteiger partial charge < -0.3 is 15.4 Å². The van der Waals surface area contributed by atoms with Crippen LogP contribution in [0.2, 0.25) is 5.02 Å². The van der Waals surface area contributed by atoms with Crippen molar-refractivity contribution in [3.8, 4) is 0 Å². The number of hydrogen-bond donors (Lipinski definition) is 2. The molecule has 22 heavy (non-hydrogen) atoms. The zero-order valence-electron chi connectivity index (χ0n) is 11.9. The number of ether oxygens (including phenoxy) is 1. The Hall–Kier alpha value is -2.53. The second kappa shape index (κ2) is 7.47. The molecule has 0 aromatic heterocycles. The summed E-state index contributed by atoms with van der Waals surface area (Å²) < 4.78 is 4.91. The van der Waals surface area contributed by atoms with Gasteiger partial charge in [-0.05, 0) is 49.4 Å². The molecular formula is C16H15ClN2O3. The van der Waals surface area contributed by atoms with E-state index in [0.717, 1.165) is 0 Å². The molecule has 0 heterocycles. The van der Waals surface area contributed by atoms with Gasteiger partial charge in [0.15, 0.2) is 0 Å². The molecule has 2 N–H and O–H groups in total. The van der Waals surface area contributed by atoms with Gasteiger partial charge in [0.1, 0.15) is 0 Å². The molecule has 0 aliphatic rings. The van der Waals surface area contributed by atoms with Crippen molar-refractivity contribution in [2.45, 2.75) is 6.92 Å². The van der Waals surface area contributed by atoms with Crippen LogP contribution in [0.1, 0.15) is 17.3 Å². The van der Waals surface area contributed by atoms with Crippen molar-refractivity contribution in [2.75, 3.05) is 17.2 Å². The number of amides is 2. The first kappa shape index (κ1) is 15.9. The number of halogens is 1. The van der Waals surface area contributed by atoms with Crippen LogP contribution in [0.25, 0.3) is 0 Å². The molecule has 114 valence electrons. The van der Waals surface area contributed by atoms with E-state index in [9.17, 15) is 9.59 Å². The minimum Gasteiger partial charge on any atom is -0.462 e. The molecule has 0 saturated carbocycles. The Bertz CT molecular complexity index is 671. The molecule has 6 heteroatoms. The zero-order chi connectivity index (χ0) is 15.9. The van der Waals surface area contributed by atoms with E-state index >= 15 is 0 Å². The molecular weight excluding hydrogens is 304 g/mol. The zero-order valence-corrected chi connectivity index (χ0v) is 12.7. The maximum Gasteiger partial charge on any atom is 0.338 e. The van der Waals surface area contributed by atoms with Gasteiger partial charge in [-0.1, -0.05) is 17.7 Å². The van der Waals surface area contributed by atoms with Crippen LogP contribution in [0.15, 0.2) is 48.5 Å². The predicted octanol–water partition coefficient (Wildman–Crippen LogP) is 4.16. The smallest absolute Gasteiger partial charge is 0.338 e. The largest absolute Gasteiger partial charge is 0.462 e. The van der Waals surface area contributed by atoms with Gasteiger partial charge in [-0.2, -0.15) is 0 Å². The number of hydrogen-bond acceptors (Lipinski definition) is 3. The van der Waals surface area contributed by atoms with Crippen LogP contribution in [0.5, 0.6) is 0 Å². The molecule has 0 spiro atoms. The second-order valence-corrected chi connectivity index (χ2v) is 4.82. The van der Waals surface area contributed by atoms with Crippen molar-refractivity contribution in [2.24, 2.45) is 0 Å². The van der Waals surface area contributed by atoms with E-state index in [4.69, 9.17) is 16.3 Å². The number of nitrogens with one attached hydrogen (secondary N) is 2. The van der Waals surface area contributed by atoms with E-state index in [1.807, 2.05) is 0 Å². The Balaban J connectivity index is 2.00. The fourth-order valence-electron chi connectivity index (χ4n) is 1.77. The lowest BCUT2D eigenvalue weighted by atomic mass is 10.2. The van der Waals surface area contributed by atoms with Crippen LogP contribution in [0.3, 0.4) is 0 Å². The van der Waals surface area contributed by atoms with Crippen molar-refractivity contribution in [3.05, 3.63) is 59.1 Å². The number of urea groups is 1.